The van der Waals surface area contributed by atoms with Crippen molar-refractivity contribution in [3.63, 3.8) is 0 Å². The van der Waals surface area contributed by atoms with Crippen molar-refractivity contribution in [2.24, 2.45) is 0 Å². The van der Waals surface area contributed by atoms with Gasteiger partial charge in [-0.25, -0.2) is 0 Å². The number of unbranched alkanes of at least 4 members (excludes halogenated alkanes) is 26. The smallest absolute Gasteiger partial charge is 0.306 e. The van der Waals surface area contributed by atoms with Gasteiger partial charge in [0.2, 0.25) is 0 Å². The standard InChI is InChI=1S/C35H70O2/c1-4-6-8-10-12-13-14-15-16-17-18-19-20-21-22-23-24-25-27-29-31-33-35(36)37-34(3)32-30-28-26-11-9-7-5-2/h34H,4-33H2,1-3H3. The van der Waals surface area contributed by atoms with Crippen molar-refractivity contribution in [3.8, 4) is 0 Å². The predicted molar refractivity (Wildman–Crippen MR) is 165 cm³/mol. The molecule has 0 amide bonds. The molecule has 37 heavy (non-hydrogen) atoms. The van der Waals surface area contributed by atoms with Crippen molar-refractivity contribution < 1.29 is 9.53 Å². The fourth-order valence-corrected chi connectivity index (χ4v) is 5.43. The maximum atomic E-state index is 12.0. The van der Waals surface area contributed by atoms with Gasteiger partial charge in [-0.2, -0.15) is 0 Å². The summed E-state index contributed by atoms with van der Waals surface area (Å²) in [7, 11) is 0. The number of carbonyl (C=O) groups excluding carboxylic acids is 1. The van der Waals surface area contributed by atoms with Gasteiger partial charge in [-0.15, -0.1) is 0 Å². The molecule has 0 aliphatic carbocycles. The van der Waals surface area contributed by atoms with Gasteiger partial charge in [-0.05, 0) is 26.2 Å². The summed E-state index contributed by atoms with van der Waals surface area (Å²) in [5.74, 6) is 0.0215. The molecule has 0 aromatic carbocycles. The molecule has 0 radical (unpaired) electrons. The van der Waals surface area contributed by atoms with Gasteiger partial charge >= 0.3 is 5.97 Å². The van der Waals surface area contributed by atoms with E-state index >= 15 is 0 Å². The maximum Gasteiger partial charge on any atom is 0.306 e. The average Bonchev–Trinajstić information content (AvgIpc) is 2.89. The zero-order chi connectivity index (χ0) is 27.1. The van der Waals surface area contributed by atoms with E-state index in [1.165, 1.54) is 173 Å². The number of hydrogen-bond donors (Lipinski definition) is 0. The van der Waals surface area contributed by atoms with Crippen LogP contribution in [-0.2, 0) is 9.53 Å². The molecule has 0 saturated carbocycles. The SMILES string of the molecule is CCCCCCCCCCCCCCCCCCCCCCCC(=O)OC(C)CCCCCCCCC. The van der Waals surface area contributed by atoms with Crippen LogP contribution in [0, 0.1) is 0 Å². The first-order valence-electron chi connectivity index (χ1n) is 17.4. The van der Waals surface area contributed by atoms with E-state index in [4.69, 9.17) is 4.74 Å². The Balaban J connectivity index is 3.21. The number of ether oxygens (including phenoxy) is 1. The van der Waals surface area contributed by atoms with E-state index in [-0.39, 0.29) is 12.1 Å². The molecule has 2 nitrogen and oxygen atoms in total. The van der Waals surface area contributed by atoms with Gasteiger partial charge in [-0.3, -0.25) is 4.79 Å². The maximum absolute atomic E-state index is 12.0. The normalized spacial score (nSPS) is 12.2. The molecule has 0 bridgehead atoms. The number of carbonyl (C=O) groups is 1. The highest BCUT2D eigenvalue weighted by Crippen LogP contribution is 2.16. The summed E-state index contributed by atoms with van der Waals surface area (Å²) in [6, 6.07) is 0. The molecule has 0 aliphatic heterocycles. The molecule has 0 aliphatic rings. The zero-order valence-corrected chi connectivity index (χ0v) is 26.1. The van der Waals surface area contributed by atoms with Gasteiger partial charge in [0, 0.05) is 6.42 Å². The Labute approximate surface area is 234 Å². The monoisotopic (exact) mass is 523 g/mol. The second-order valence-electron chi connectivity index (χ2n) is 12.0. The molecule has 2 heteroatoms. The topological polar surface area (TPSA) is 26.3 Å². The van der Waals surface area contributed by atoms with Gasteiger partial charge in [-0.1, -0.05) is 181 Å². The molecule has 0 saturated heterocycles. The Hall–Kier alpha value is -0.530. The summed E-state index contributed by atoms with van der Waals surface area (Å²) >= 11 is 0. The van der Waals surface area contributed by atoms with E-state index in [9.17, 15) is 4.79 Å². The average molecular weight is 523 g/mol. The van der Waals surface area contributed by atoms with E-state index in [2.05, 4.69) is 20.8 Å². The van der Waals surface area contributed by atoms with Crippen LogP contribution in [0.5, 0.6) is 0 Å². The molecule has 0 aromatic heterocycles. The summed E-state index contributed by atoms with van der Waals surface area (Å²) in [6.45, 7) is 6.62. The molecule has 0 fully saturated rings. The van der Waals surface area contributed by atoms with Crippen LogP contribution in [0.3, 0.4) is 0 Å². The quantitative estimate of drug-likeness (QED) is 0.0668. The lowest BCUT2D eigenvalue weighted by Gasteiger charge is -2.13. The van der Waals surface area contributed by atoms with E-state index < -0.39 is 0 Å². The summed E-state index contributed by atoms with van der Waals surface area (Å²) in [5.41, 5.74) is 0. The number of rotatable bonds is 31. The third-order valence-corrected chi connectivity index (χ3v) is 8.03. The molecule has 1 unspecified atom stereocenters. The minimum absolute atomic E-state index is 0.0215. The van der Waals surface area contributed by atoms with Crippen molar-refractivity contribution in [3.05, 3.63) is 0 Å². The van der Waals surface area contributed by atoms with Crippen molar-refractivity contribution in [2.75, 3.05) is 0 Å². The van der Waals surface area contributed by atoms with E-state index in [0.717, 1.165) is 12.8 Å². The Morgan fingerprint density at radius 1 is 0.432 bits per heavy atom. The summed E-state index contributed by atoms with van der Waals surface area (Å²) in [5, 5.41) is 0. The third-order valence-electron chi connectivity index (χ3n) is 8.03. The number of hydrogen-bond acceptors (Lipinski definition) is 2. The molecule has 0 rings (SSSR count). The molecule has 0 heterocycles. The first-order valence-corrected chi connectivity index (χ1v) is 17.4. The minimum atomic E-state index is 0.0215. The van der Waals surface area contributed by atoms with Gasteiger partial charge in [0.05, 0.1) is 6.10 Å². The van der Waals surface area contributed by atoms with Crippen molar-refractivity contribution in [1.29, 1.82) is 0 Å². The van der Waals surface area contributed by atoms with Crippen LogP contribution < -0.4 is 0 Å². The lowest BCUT2D eigenvalue weighted by molar-refractivity contribution is -0.148. The van der Waals surface area contributed by atoms with E-state index in [1.807, 2.05) is 0 Å². The summed E-state index contributed by atoms with van der Waals surface area (Å²) in [4.78, 5) is 12.0. The van der Waals surface area contributed by atoms with E-state index in [1.54, 1.807) is 0 Å². The Morgan fingerprint density at radius 2 is 0.703 bits per heavy atom. The van der Waals surface area contributed by atoms with Gasteiger partial charge in [0.15, 0.2) is 0 Å². The van der Waals surface area contributed by atoms with Crippen molar-refractivity contribution in [2.45, 2.75) is 219 Å². The molecule has 0 N–H and O–H groups in total. The Bertz CT molecular complexity index is 433. The fraction of sp³-hybridized carbons (Fsp3) is 0.971. The molecular formula is C35H70O2. The van der Waals surface area contributed by atoms with Gasteiger partial charge in [0.1, 0.15) is 0 Å². The zero-order valence-electron chi connectivity index (χ0n) is 26.1. The van der Waals surface area contributed by atoms with Crippen LogP contribution in [-0.4, -0.2) is 12.1 Å². The van der Waals surface area contributed by atoms with Gasteiger partial charge < -0.3 is 4.74 Å². The molecule has 0 spiro atoms. The highest BCUT2D eigenvalue weighted by Gasteiger charge is 2.09. The molecule has 1 atom stereocenters. The first-order chi connectivity index (χ1) is 18.2. The number of esters is 1. The van der Waals surface area contributed by atoms with Crippen molar-refractivity contribution >= 4 is 5.97 Å². The van der Waals surface area contributed by atoms with E-state index in [0.29, 0.717) is 6.42 Å². The Kier molecular flexibility index (Phi) is 31.2. The second-order valence-corrected chi connectivity index (χ2v) is 12.0. The van der Waals surface area contributed by atoms with Crippen LogP contribution in [0.4, 0.5) is 0 Å². The minimum Gasteiger partial charge on any atom is -0.463 e. The lowest BCUT2D eigenvalue weighted by atomic mass is 10.0. The molecule has 222 valence electrons. The first kappa shape index (κ1) is 36.5. The van der Waals surface area contributed by atoms with Gasteiger partial charge in [0.25, 0.3) is 0 Å². The van der Waals surface area contributed by atoms with Crippen molar-refractivity contribution in [1.82, 2.24) is 0 Å². The highest BCUT2D eigenvalue weighted by atomic mass is 16.5. The summed E-state index contributed by atoms with van der Waals surface area (Å²) < 4.78 is 5.60. The molecular weight excluding hydrogens is 452 g/mol. The largest absolute Gasteiger partial charge is 0.463 e. The van der Waals surface area contributed by atoms with Crippen LogP contribution in [0.25, 0.3) is 0 Å². The van der Waals surface area contributed by atoms with Crippen LogP contribution in [0.2, 0.25) is 0 Å². The second kappa shape index (κ2) is 31.7. The van der Waals surface area contributed by atoms with Crippen LogP contribution in [0.1, 0.15) is 213 Å². The van der Waals surface area contributed by atoms with Crippen LogP contribution in [0.15, 0.2) is 0 Å². The Morgan fingerprint density at radius 3 is 1.03 bits per heavy atom. The molecule has 0 aromatic rings. The highest BCUT2D eigenvalue weighted by molar-refractivity contribution is 5.69. The third kappa shape index (κ3) is 31.6. The predicted octanol–water partition coefficient (Wildman–Crippen LogP) is 12.7. The summed E-state index contributed by atoms with van der Waals surface area (Å²) in [6.07, 6.45) is 40.2. The van der Waals surface area contributed by atoms with Crippen LogP contribution >= 0.6 is 0 Å². The fourth-order valence-electron chi connectivity index (χ4n) is 5.43. The lowest BCUT2D eigenvalue weighted by Crippen LogP contribution is -2.14.